The topological polar surface area (TPSA) is 83.7 Å². The van der Waals surface area contributed by atoms with Crippen LogP contribution in [0.15, 0.2) is 66.7 Å². The quantitative estimate of drug-likeness (QED) is 0.321. The summed E-state index contributed by atoms with van der Waals surface area (Å²) in [5.41, 5.74) is 4.95. The molecule has 194 valence electrons. The zero-order chi connectivity index (χ0) is 26.1. The average Bonchev–Trinajstić information content (AvgIpc) is 2.91. The van der Waals surface area contributed by atoms with Gasteiger partial charge in [-0.2, -0.15) is 5.26 Å². The van der Waals surface area contributed by atoms with Crippen molar-refractivity contribution in [2.24, 2.45) is 0 Å². The third kappa shape index (κ3) is 8.06. The maximum absolute atomic E-state index is 10.6. The molecule has 0 aromatic heterocycles. The molecule has 6 heteroatoms. The van der Waals surface area contributed by atoms with E-state index in [1.54, 1.807) is 0 Å². The van der Waals surface area contributed by atoms with Crippen LogP contribution in [0.1, 0.15) is 60.6 Å². The lowest BCUT2D eigenvalue weighted by Gasteiger charge is -2.33. The molecule has 3 aromatic rings. The lowest BCUT2D eigenvalue weighted by molar-refractivity contribution is -0.180. The Balaban J connectivity index is 1.11. The Bertz CT molecular complexity index is 1200. The molecule has 0 bridgehead atoms. The van der Waals surface area contributed by atoms with Crippen LogP contribution in [-0.2, 0) is 24.2 Å². The van der Waals surface area contributed by atoms with E-state index in [1.165, 1.54) is 11.1 Å². The molecule has 37 heavy (non-hydrogen) atoms. The standard InChI is InChI=1S/C31H36N2O4/c1-31(2)36-22-27-19-26(11-14-30(27)37-31)29(34)21-33-16-15-23-9-12-28(13-10-23)35-17-4-3-6-24-7-5-8-25(18-24)20-32/h5,7-14,18-19,29,33-34H,3-4,6,15-17,21-22H2,1-2H3/t29-/m1/s1. The number of aliphatic hydroxyl groups excluding tert-OH is 1. The number of unbranched alkanes of at least 4 members (excludes halogenated alkanes) is 1. The van der Waals surface area contributed by atoms with Crippen LogP contribution in [0.4, 0.5) is 0 Å². The summed E-state index contributed by atoms with van der Waals surface area (Å²) < 4.78 is 17.4. The first-order valence-corrected chi connectivity index (χ1v) is 13.0. The van der Waals surface area contributed by atoms with Gasteiger partial charge in [0.2, 0.25) is 5.79 Å². The first-order valence-electron chi connectivity index (χ1n) is 13.0. The van der Waals surface area contributed by atoms with Crippen molar-refractivity contribution in [3.63, 3.8) is 0 Å². The van der Waals surface area contributed by atoms with Gasteiger partial charge in [0, 0.05) is 26.0 Å². The second-order valence-corrected chi connectivity index (χ2v) is 9.89. The van der Waals surface area contributed by atoms with Crippen LogP contribution in [0.3, 0.4) is 0 Å². The van der Waals surface area contributed by atoms with E-state index in [9.17, 15) is 5.11 Å². The van der Waals surface area contributed by atoms with Gasteiger partial charge in [0.15, 0.2) is 0 Å². The molecule has 1 heterocycles. The van der Waals surface area contributed by atoms with E-state index in [4.69, 9.17) is 19.5 Å². The van der Waals surface area contributed by atoms with E-state index in [1.807, 2.05) is 62.4 Å². The minimum atomic E-state index is -0.619. The Hall–Kier alpha value is -3.37. The van der Waals surface area contributed by atoms with Crippen molar-refractivity contribution in [1.82, 2.24) is 5.32 Å². The largest absolute Gasteiger partial charge is 0.494 e. The van der Waals surface area contributed by atoms with E-state index < -0.39 is 11.9 Å². The SMILES string of the molecule is CC1(C)OCc2cc([C@H](O)CNCCc3ccc(OCCCCc4cccc(C#N)c4)cc3)ccc2O1. The van der Waals surface area contributed by atoms with E-state index in [0.717, 1.165) is 54.9 Å². The fraction of sp³-hybridized carbons (Fsp3) is 0.387. The van der Waals surface area contributed by atoms with Crippen LogP contribution in [-0.4, -0.2) is 30.6 Å². The molecule has 0 fully saturated rings. The number of fused-ring (bicyclic) bond motifs is 1. The number of nitriles is 1. The number of benzene rings is 3. The third-order valence-corrected chi connectivity index (χ3v) is 6.44. The van der Waals surface area contributed by atoms with Gasteiger partial charge in [-0.25, -0.2) is 0 Å². The second-order valence-electron chi connectivity index (χ2n) is 9.89. The summed E-state index contributed by atoms with van der Waals surface area (Å²) in [6.45, 7) is 6.20. The highest BCUT2D eigenvalue weighted by atomic mass is 16.7. The van der Waals surface area contributed by atoms with Gasteiger partial charge in [-0.15, -0.1) is 0 Å². The highest BCUT2D eigenvalue weighted by Crippen LogP contribution is 2.32. The molecule has 0 spiro atoms. The summed E-state index contributed by atoms with van der Waals surface area (Å²) in [5.74, 6) is 1.07. The van der Waals surface area contributed by atoms with Crippen molar-refractivity contribution < 1.29 is 19.3 Å². The van der Waals surface area contributed by atoms with Gasteiger partial charge >= 0.3 is 0 Å². The van der Waals surface area contributed by atoms with Gasteiger partial charge in [0.1, 0.15) is 11.5 Å². The first kappa shape index (κ1) is 26.7. The Morgan fingerprint density at radius 3 is 2.68 bits per heavy atom. The molecular formula is C31H36N2O4. The Labute approximate surface area is 219 Å². The molecule has 3 aromatic carbocycles. The van der Waals surface area contributed by atoms with Crippen LogP contribution in [0, 0.1) is 11.3 Å². The highest BCUT2D eigenvalue weighted by molar-refractivity contribution is 5.39. The van der Waals surface area contributed by atoms with Crippen molar-refractivity contribution in [3.8, 4) is 17.6 Å². The summed E-state index contributed by atoms with van der Waals surface area (Å²) >= 11 is 0. The maximum Gasteiger partial charge on any atom is 0.205 e. The predicted molar refractivity (Wildman–Crippen MR) is 144 cm³/mol. The maximum atomic E-state index is 10.6. The van der Waals surface area contributed by atoms with E-state index in [2.05, 4.69) is 29.6 Å². The van der Waals surface area contributed by atoms with E-state index in [0.29, 0.717) is 25.3 Å². The summed E-state index contributed by atoms with van der Waals surface area (Å²) in [5, 5.41) is 22.9. The fourth-order valence-corrected chi connectivity index (χ4v) is 4.32. The Morgan fingerprint density at radius 1 is 1.03 bits per heavy atom. The van der Waals surface area contributed by atoms with Gasteiger partial charge in [-0.3, -0.25) is 0 Å². The molecule has 0 saturated carbocycles. The summed E-state index contributed by atoms with van der Waals surface area (Å²) in [4.78, 5) is 0. The lowest BCUT2D eigenvalue weighted by Crippen LogP contribution is -2.35. The molecule has 6 nitrogen and oxygen atoms in total. The normalized spacial score (nSPS) is 14.8. The monoisotopic (exact) mass is 500 g/mol. The average molecular weight is 501 g/mol. The number of hydrogen-bond donors (Lipinski definition) is 2. The number of hydrogen-bond acceptors (Lipinski definition) is 6. The third-order valence-electron chi connectivity index (χ3n) is 6.44. The number of nitrogens with one attached hydrogen (secondary N) is 1. The minimum absolute atomic E-state index is 0.480. The molecule has 0 aliphatic carbocycles. The zero-order valence-corrected chi connectivity index (χ0v) is 21.7. The molecule has 0 amide bonds. The lowest BCUT2D eigenvalue weighted by atomic mass is 10.0. The molecule has 0 radical (unpaired) electrons. The Morgan fingerprint density at radius 2 is 1.86 bits per heavy atom. The predicted octanol–water partition coefficient (Wildman–Crippen LogP) is 5.47. The number of aryl methyl sites for hydroxylation is 1. The van der Waals surface area contributed by atoms with Gasteiger partial charge in [0.05, 0.1) is 31.0 Å². The van der Waals surface area contributed by atoms with Gasteiger partial charge in [-0.05, 0) is 85.3 Å². The van der Waals surface area contributed by atoms with Crippen molar-refractivity contribution in [2.45, 2.75) is 58.0 Å². The minimum Gasteiger partial charge on any atom is -0.494 e. The molecular weight excluding hydrogens is 464 g/mol. The Kier molecular flexibility index (Phi) is 9.19. The van der Waals surface area contributed by atoms with Crippen LogP contribution < -0.4 is 14.8 Å². The highest BCUT2D eigenvalue weighted by Gasteiger charge is 2.27. The number of rotatable bonds is 12. The summed E-state index contributed by atoms with van der Waals surface area (Å²) in [6.07, 6.45) is 3.22. The zero-order valence-electron chi connectivity index (χ0n) is 21.7. The van der Waals surface area contributed by atoms with Gasteiger partial charge in [0.25, 0.3) is 0 Å². The van der Waals surface area contributed by atoms with E-state index >= 15 is 0 Å². The molecule has 2 N–H and O–H groups in total. The van der Waals surface area contributed by atoms with Crippen LogP contribution >= 0.6 is 0 Å². The fourth-order valence-electron chi connectivity index (χ4n) is 4.32. The molecule has 1 aliphatic heterocycles. The van der Waals surface area contributed by atoms with E-state index in [-0.39, 0.29) is 0 Å². The summed E-state index contributed by atoms with van der Waals surface area (Å²) in [6, 6.07) is 24.0. The first-order chi connectivity index (χ1) is 17.9. The van der Waals surface area contributed by atoms with Crippen LogP contribution in [0.25, 0.3) is 0 Å². The van der Waals surface area contributed by atoms with Crippen LogP contribution in [0.2, 0.25) is 0 Å². The summed E-state index contributed by atoms with van der Waals surface area (Å²) in [7, 11) is 0. The molecule has 4 rings (SSSR count). The molecule has 1 aliphatic rings. The second kappa shape index (κ2) is 12.7. The molecule has 0 unspecified atom stereocenters. The van der Waals surface area contributed by atoms with Crippen LogP contribution in [0.5, 0.6) is 11.5 Å². The van der Waals surface area contributed by atoms with Crippen molar-refractivity contribution >= 4 is 0 Å². The van der Waals surface area contributed by atoms with Crippen molar-refractivity contribution in [3.05, 3.63) is 94.5 Å². The molecule has 1 atom stereocenters. The molecule has 0 saturated heterocycles. The van der Waals surface area contributed by atoms with Gasteiger partial charge < -0.3 is 24.6 Å². The number of nitrogens with zero attached hydrogens (tertiary/aromatic N) is 1. The van der Waals surface area contributed by atoms with Crippen molar-refractivity contribution in [1.29, 1.82) is 5.26 Å². The smallest absolute Gasteiger partial charge is 0.205 e. The van der Waals surface area contributed by atoms with Gasteiger partial charge in [-0.1, -0.05) is 30.3 Å². The van der Waals surface area contributed by atoms with Crippen molar-refractivity contribution in [2.75, 3.05) is 19.7 Å². The number of aliphatic hydroxyl groups is 1. The number of ether oxygens (including phenoxy) is 3.